The number of carbonyl (C=O) groups excluding carboxylic acids is 1. The molecule has 1 saturated carbocycles. The minimum absolute atomic E-state index is 0.291. The van der Waals surface area contributed by atoms with Crippen LogP contribution in [0, 0.1) is 11.8 Å². The van der Waals surface area contributed by atoms with Gasteiger partial charge in [0.05, 0.1) is 6.10 Å². The number of rotatable bonds is 2. The topological polar surface area (TPSA) is 72.9 Å². The average Bonchev–Trinajstić information content (AvgIpc) is 2.99. The van der Waals surface area contributed by atoms with Gasteiger partial charge in [0.15, 0.2) is 0 Å². The van der Waals surface area contributed by atoms with Gasteiger partial charge in [0.1, 0.15) is 5.60 Å². The molecule has 0 aromatic carbocycles. The molecule has 0 aromatic heterocycles. The summed E-state index contributed by atoms with van der Waals surface area (Å²) >= 11 is 0. The van der Waals surface area contributed by atoms with Crippen LogP contribution in [-0.4, -0.2) is 49.2 Å². The van der Waals surface area contributed by atoms with Crippen molar-refractivity contribution < 1.29 is 35.3 Å². The van der Waals surface area contributed by atoms with Crippen molar-refractivity contribution in [3.05, 3.63) is 0 Å². The summed E-state index contributed by atoms with van der Waals surface area (Å²) in [6.45, 7) is 7.08. The second kappa shape index (κ2) is 5.51. The van der Waals surface area contributed by atoms with Gasteiger partial charge in [-0.05, 0) is 40.0 Å². The van der Waals surface area contributed by atoms with Gasteiger partial charge in [0.2, 0.25) is 0 Å². The predicted octanol–water partition coefficient (Wildman–Crippen LogP) is 2.50. The molecule has 0 spiro atoms. The van der Waals surface area contributed by atoms with Crippen LogP contribution >= 0.6 is 0 Å². The van der Waals surface area contributed by atoms with E-state index in [0.29, 0.717) is 13.0 Å². The number of halogens is 3. The van der Waals surface area contributed by atoms with E-state index in [-0.39, 0.29) is 5.92 Å². The molecule has 2 rings (SSSR count). The summed E-state index contributed by atoms with van der Waals surface area (Å²) in [5.74, 6) is -0.728. The molecule has 1 amide bonds. The number of ether oxygens (including phenoxy) is 1. The average molecular weight is 359 g/mol. The molecule has 1 heterocycles. The highest BCUT2D eigenvalue weighted by atomic mass is 32.2. The highest BCUT2D eigenvalue weighted by molar-refractivity contribution is 7.87. The summed E-state index contributed by atoms with van der Waals surface area (Å²) in [6, 6.07) is -0.447. The third kappa shape index (κ3) is 3.73. The van der Waals surface area contributed by atoms with E-state index in [1.807, 2.05) is 0 Å². The lowest BCUT2D eigenvalue weighted by atomic mass is 10.0. The predicted molar refractivity (Wildman–Crippen MR) is 73.8 cm³/mol. The molecule has 134 valence electrons. The minimum atomic E-state index is -5.62. The van der Waals surface area contributed by atoms with Gasteiger partial charge in [-0.25, -0.2) is 4.79 Å². The van der Waals surface area contributed by atoms with E-state index in [9.17, 15) is 26.4 Å². The van der Waals surface area contributed by atoms with E-state index in [1.165, 1.54) is 4.90 Å². The van der Waals surface area contributed by atoms with Crippen molar-refractivity contribution in [1.82, 2.24) is 4.90 Å². The lowest BCUT2D eigenvalue weighted by Gasteiger charge is -2.34. The van der Waals surface area contributed by atoms with E-state index >= 15 is 0 Å². The fraction of sp³-hybridized carbons (Fsp3) is 0.923. The highest BCUT2D eigenvalue weighted by Crippen LogP contribution is 2.52. The fourth-order valence-corrected chi connectivity index (χ4v) is 3.64. The van der Waals surface area contributed by atoms with Crippen LogP contribution in [0.4, 0.5) is 18.0 Å². The van der Waals surface area contributed by atoms with Crippen molar-refractivity contribution in [1.29, 1.82) is 0 Å². The third-order valence-electron chi connectivity index (χ3n) is 4.06. The Hall–Kier alpha value is -1.03. The summed E-state index contributed by atoms with van der Waals surface area (Å²) in [4.78, 5) is 13.5. The van der Waals surface area contributed by atoms with E-state index in [2.05, 4.69) is 4.18 Å². The number of fused-ring (bicyclic) bond motifs is 1. The van der Waals surface area contributed by atoms with Crippen LogP contribution in [-0.2, 0) is 19.0 Å². The molecule has 4 atom stereocenters. The molecule has 3 unspecified atom stereocenters. The van der Waals surface area contributed by atoms with Crippen molar-refractivity contribution in [2.45, 2.75) is 57.4 Å². The first kappa shape index (κ1) is 18.3. The molecule has 2 aliphatic rings. The molecule has 6 nitrogen and oxygen atoms in total. The van der Waals surface area contributed by atoms with Crippen molar-refractivity contribution in [2.24, 2.45) is 11.8 Å². The summed E-state index contributed by atoms with van der Waals surface area (Å²) in [7, 11) is -5.62. The Balaban J connectivity index is 2.03. The normalized spacial score (nSPS) is 31.5. The lowest BCUT2D eigenvalue weighted by molar-refractivity contribution is -0.0555. The van der Waals surface area contributed by atoms with Gasteiger partial charge >= 0.3 is 21.7 Å². The molecule has 10 heteroatoms. The number of nitrogens with zero attached hydrogens (tertiary/aromatic N) is 1. The van der Waals surface area contributed by atoms with Crippen LogP contribution in [0.3, 0.4) is 0 Å². The summed E-state index contributed by atoms with van der Waals surface area (Å²) in [5.41, 5.74) is -6.13. The molecule has 0 aromatic rings. The largest absolute Gasteiger partial charge is 0.523 e. The monoisotopic (exact) mass is 359 g/mol. The first-order valence-corrected chi connectivity index (χ1v) is 8.64. The maximum Gasteiger partial charge on any atom is 0.523 e. The van der Waals surface area contributed by atoms with Crippen LogP contribution in [0.5, 0.6) is 0 Å². The molecule has 2 fully saturated rings. The molecular weight excluding hydrogens is 339 g/mol. The zero-order chi connectivity index (χ0) is 17.8. The highest BCUT2D eigenvalue weighted by Gasteiger charge is 2.63. The Morgan fingerprint density at radius 2 is 1.78 bits per heavy atom. The number of likely N-dealkylation sites (tertiary alicyclic amines) is 1. The molecule has 0 radical (unpaired) electrons. The maximum atomic E-state index is 12.4. The summed E-state index contributed by atoms with van der Waals surface area (Å²) in [5, 5.41) is 0. The van der Waals surface area contributed by atoms with Gasteiger partial charge in [0.25, 0.3) is 0 Å². The first-order chi connectivity index (χ1) is 10.2. The van der Waals surface area contributed by atoms with Crippen molar-refractivity contribution in [2.75, 3.05) is 6.54 Å². The lowest BCUT2D eigenvalue weighted by Crippen LogP contribution is -2.46. The van der Waals surface area contributed by atoms with Crippen molar-refractivity contribution >= 4 is 16.2 Å². The summed E-state index contributed by atoms with van der Waals surface area (Å²) < 4.78 is 69.0. The Labute approximate surface area is 133 Å². The third-order valence-corrected chi connectivity index (χ3v) is 5.10. The van der Waals surface area contributed by atoms with Gasteiger partial charge < -0.3 is 9.64 Å². The number of hydrogen-bond donors (Lipinski definition) is 0. The molecule has 1 saturated heterocycles. The Morgan fingerprint density at radius 1 is 1.22 bits per heavy atom. The smallest absolute Gasteiger partial charge is 0.444 e. The zero-order valence-electron chi connectivity index (χ0n) is 13.3. The standard InChI is InChI=1S/C13H20F3NO5S/c1-7-9-8(10(9)22-23(19,20)13(14,15)16)5-6-17(7)11(18)21-12(2,3)4/h7-10H,5-6H2,1-4H3/t7?,8?,9-,10?/m0/s1. The molecule has 1 aliphatic carbocycles. The van der Waals surface area contributed by atoms with Crippen molar-refractivity contribution in [3.8, 4) is 0 Å². The van der Waals surface area contributed by atoms with Crippen LogP contribution in [0.25, 0.3) is 0 Å². The molecular formula is C13H20F3NO5S. The van der Waals surface area contributed by atoms with Crippen LogP contribution in [0.15, 0.2) is 0 Å². The zero-order valence-corrected chi connectivity index (χ0v) is 14.1. The number of amides is 1. The molecule has 23 heavy (non-hydrogen) atoms. The van der Waals surface area contributed by atoms with Crippen LogP contribution in [0.2, 0.25) is 0 Å². The van der Waals surface area contributed by atoms with Gasteiger partial charge in [-0.3, -0.25) is 4.18 Å². The second-order valence-corrected chi connectivity index (χ2v) is 8.47. The molecule has 0 bridgehead atoms. The Kier molecular flexibility index (Phi) is 4.38. The molecule has 0 N–H and O–H groups in total. The Morgan fingerprint density at radius 3 is 2.26 bits per heavy atom. The van der Waals surface area contributed by atoms with Gasteiger partial charge in [-0.1, -0.05) is 0 Å². The second-order valence-electron chi connectivity index (χ2n) is 6.90. The Bertz CT molecular complexity index is 583. The van der Waals surface area contributed by atoms with Crippen LogP contribution in [0.1, 0.15) is 34.1 Å². The number of piperidine rings is 1. The van der Waals surface area contributed by atoms with E-state index in [0.717, 1.165) is 0 Å². The van der Waals surface area contributed by atoms with Crippen LogP contribution < -0.4 is 0 Å². The number of alkyl halides is 3. The van der Waals surface area contributed by atoms with Gasteiger partial charge in [-0.2, -0.15) is 21.6 Å². The van der Waals surface area contributed by atoms with Crippen molar-refractivity contribution in [3.63, 3.8) is 0 Å². The van der Waals surface area contributed by atoms with E-state index in [4.69, 9.17) is 4.74 Å². The number of hydrogen-bond acceptors (Lipinski definition) is 5. The summed E-state index contributed by atoms with van der Waals surface area (Å²) in [6.07, 6.45) is -1.22. The van der Waals surface area contributed by atoms with Gasteiger partial charge in [-0.15, -0.1) is 0 Å². The first-order valence-electron chi connectivity index (χ1n) is 7.24. The van der Waals surface area contributed by atoms with E-state index in [1.54, 1.807) is 27.7 Å². The van der Waals surface area contributed by atoms with Gasteiger partial charge in [0, 0.05) is 18.5 Å². The van der Waals surface area contributed by atoms with E-state index < -0.39 is 45.4 Å². The number of carbonyl (C=O) groups is 1. The fourth-order valence-electron chi connectivity index (χ4n) is 2.97. The maximum absolute atomic E-state index is 12.4. The SMILES string of the molecule is CC1[C@H]2C(CCN1C(=O)OC(C)(C)C)C2OS(=O)(=O)C(F)(F)F. The quantitative estimate of drug-likeness (QED) is 0.559. The molecule has 1 aliphatic heterocycles. The minimum Gasteiger partial charge on any atom is -0.444 e.